The predicted molar refractivity (Wildman–Crippen MR) is 95.5 cm³/mol. The first-order valence-electron chi connectivity index (χ1n) is 9.19. The van der Waals surface area contributed by atoms with Crippen LogP contribution in [0.2, 0.25) is 0 Å². The lowest BCUT2D eigenvalue weighted by atomic mass is 9.87. The van der Waals surface area contributed by atoms with Crippen molar-refractivity contribution in [1.82, 2.24) is 25.2 Å². The number of benzene rings is 1. The summed E-state index contributed by atoms with van der Waals surface area (Å²) in [6.45, 7) is 1.99. The van der Waals surface area contributed by atoms with Gasteiger partial charge in [-0.05, 0) is 56.3 Å². The summed E-state index contributed by atoms with van der Waals surface area (Å²) >= 11 is 0. The summed E-state index contributed by atoms with van der Waals surface area (Å²) in [5.41, 5.74) is 3.23. The molecule has 2 aliphatic rings. The quantitative estimate of drug-likeness (QED) is 0.927. The Morgan fingerprint density at radius 3 is 2.76 bits per heavy atom. The smallest absolute Gasteiger partial charge is 0.276 e. The molecule has 1 aromatic carbocycles. The maximum Gasteiger partial charge on any atom is 0.276 e. The minimum Gasteiger partial charge on any atom is -0.337 e. The number of carbonyl (C=O) groups is 1. The van der Waals surface area contributed by atoms with E-state index in [2.05, 4.69) is 39.9 Å². The summed E-state index contributed by atoms with van der Waals surface area (Å²) in [5, 5.41) is 11.7. The fourth-order valence-corrected chi connectivity index (χ4v) is 3.98. The lowest BCUT2D eigenvalue weighted by molar-refractivity contribution is 0.0712. The van der Waals surface area contributed by atoms with Crippen LogP contribution in [0.25, 0.3) is 0 Å². The molecule has 132 valence electrons. The summed E-state index contributed by atoms with van der Waals surface area (Å²) < 4.78 is 1.87. The van der Waals surface area contributed by atoms with Gasteiger partial charge in [0.2, 0.25) is 0 Å². The number of nitrogens with zero attached hydrogens (tertiary/aromatic N) is 4. The van der Waals surface area contributed by atoms with Gasteiger partial charge in [0.15, 0.2) is 5.69 Å². The third-order valence-corrected chi connectivity index (χ3v) is 5.60. The van der Waals surface area contributed by atoms with E-state index in [0.717, 1.165) is 45.2 Å². The molecule has 4 rings (SSSR count). The van der Waals surface area contributed by atoms with Gasteiger partial charge in [0.05, 0.1) is 12.2 Å². The van der Waals surface area contributed by atoms with E-state index in [1.807, 2.05) is 22.8 Å². The number of aryl methyl sites for hydroxylation is 1. The zero-order valence-electron chi connectivity index (χ0n) is 14.7. The standard InChI is InChI=1S/C19H25N5O/c1-23(17-7-6-14-4-2-3-5-15(14)12-17)19(25)18-13-24(22-21-18)16-8-10-20-11-9-16/h2-5,13,16-17,20H,6-12H2,1H3/t17-/m0/s1. The van der Waals surface area contributed by atoms with E-state index >= 15 is 0 Å². The molecule has 1 aromatic heterocycles. The molecule has 0 saturated carbocycles. The maximum absolute atomic E-state index is 12.8. The second kappa shape index (κ2) is 6.96. The van der Waals surface area contributed by atoms with Crippen molar-refractivity contribution in [2.75, 3.05) is 20.1 Å². The number of likely N-dealkylation sites (N-methyl/N-ethyl adjacent to an activating group) is 1. The average Bonchev–Trinajstić information content (AvgIpc) is 3.17. The van der Waals surface area contributed by atoms with Crippen LogP contribution >= 0.6 is 0 Å². The Labute approximate surface area is 148 Å². The van der Waals surface area contributed by atoms with Gasteiger partial charge in [0.25, 0.3) is 5.91 Å². The van der Waals surface area contributed by atoms with Gasteiger partial charge in [-0.3, -0.25) is 4.79 Å². The second-order valence-corrected chi connectivity index (χ2v) is 7.15. The van der Waals surface area contributed by atoms with Crippen molar-refractivity contribution in [3.8, 4) is 0 Å². The average molecular weight is 339 g/mol. The lowest BCUT2D eigenvalue weighted by Crippen LogP contribution is -2.40. The SMILES string of the molecule is CN(C(=O)c1cn(C2CCNCC2)nn1)[C@H]1CCc2ccccc2C1. The summed E-state index contributed by atoms with van der Waals surface area (Å²) in [7, 11) is 1.89. The Morgan fingerprint density at radius 1 is 1.20 bits per heavy atom. The van der Waals surface area contributed by atoms with Crippen LogP contribution in [0.15, 0.2) is 30.5 Å². The molecule has 1 atom stereocenters. The Hall–Kier alpha value is -2.21. The van der Waals surface area contributed by atoms with Gasteiger partial charge in [0, 0.05) is 13.1 Å². The number of piperidine rings is 1. The van der Waals surface area contributed by atoms with E-state index in [9.17, 15) is 4.79 Å². The first-order chi connectivity index (χ1) is 12.2. The molecule has 2 aromatic rings. The lowest BCUT2D eigenvalue weighted by Gasteiger charge is -2.32. The molecule has 1 aliphatic carbocycles. The molecule has 1 N–H and O–H groups in total. The highest BCUT2D eigenvalue weighted by Gasteiger charge is 2.27. The Balaban J connectivity index is 1.45. The monoisotopic (exact) mass is 339 g/mol. The molecule has 2 heterocycles. The van der Waals surface area contributed by atoms with Crippen LogP contribution in [-0.2, 0) is 12.8 Å². The Morgan fingerprint density at radius 2 is 1.96 bits per heavy atom. The molecule has 6 heteroatoms. The van der Waals surface area contributed by atoms with Crippen LogP contribution in [0.1, 0.15) is 46.9 Å². The zero-order chi connectivity index (χ0) is 17.2. The number of hydrogen-bond acceptors (Lipinski definition) is 4. The number of fused-ring (bicyclic) bond motifs is 1. The molecule has 6 nitrogen and oxygen atoms in total. The summed E-state index contributed by atoms with van der Waals surface area (Å²) in [6.07, 6.45) is 6.84. The number of nitrogens with one attached hydrogen (secondary N) is 1. The van der Waals surface area contributed by atoms with Gasteiger partial charge >= 0.3 is 0 Å². The maximum atomic E-state index is 12.8. The topological polar surface area (TPSA) is 63.1 Å². The van der Waals surface area contributed by atoms with Crippen LogP contribution in [0.5, 0.6) is 0 Å². The molecule has 25 heavy (non-hydrogen) atoms. The van der Waals surface area contributed by atoms with Crippen LogP contribution in [-0.4, -0.2) is 52.0 Å². The molecule has 1 fully saturated rings. The van der Waals surface area contributed by atoms with E-state index in [4.69, 9.17) is 0 Å². The zero-order valence-corrected chi connectivity index (χ0v) is 14.7. The molecule has 1 amide bonds. The third kappa shape index (κ3) is 3.31. The normalized spacial score (nSPS) is 20.9. The Kier molecular flexibility index (Phi) is 4.53. The highest BCUT2D eigenvalue weighted by molar-refractivity contribution is 5.92. The molecular weight excluding hydrogens is 314 g/mol. The number of carbonyl (C=O) groups excluding carboxylic acids is 1. The molecule has 0 radical (unpaired) electrons. The molecule has 1 saturated heterocycles. The van der Waals surface area contributed by atoms with Crippen molar-refractivity contribution < 1.29 is 4.79 Å². The predicted octanol–water partition coefficient (Wildman–Crippen LogP) is 1.83. The Bertz CT molecular complexity index is 750. The number of aromatic nitrogens is 3. The van der Waals surface area contributed by atoms with E-state index in [1.165, 1.54) is 11.1 Å². The van der Waals surface area contributed by atoms with Crippen molar-refractivity contribution in [2.24, 2.45) is 0 Å². The summed E-state index contributed by atoms with van der Waals surface area (Å²) in [4.78, 5) is 14.7. The fourth-order valence-electron chi connectivity index (χ4n) is 3.98. The van der Waals surface area contributed by atoms with Crippen molar-refractivity contribution in [3.05, 3.63) is 47.3 Å². The van der Waals surface area contributed by atoms with E-state index < -0.39 is 0 Å². The van der Waals surface area contributed by atoms with Crippen LogP contribution in [0, 0.1) is 0 Å². The molecule has 0 bridgehead atoms. The van der Waals surface area contributed by atoms with Gasteiger partial charge in [-0.1, -0.05) is 29.5 Å². The minimum atomic E-state index is -0.0236. The van der Waals surface area contributed by atoms with Crippen LogP contribution < -0.4 is 5.32 Å². The van der Waals surface area contributed by atoms with Crippen molar-refractivity contribution >= 4 is 5.91 Å². The molecule has 0 spiro atoms. The summed E-state index contributed by atoms with van der Waals surface area (Å²) in [6, 6.07) is 9.11. The largest absolute Gasteiger partial charge is 0.337 e. The summed E-state index contributed by atoms with van der Waals surface area (Å²) in [5.74, 6) is -0.0236. The minimum absolute atomic E-state index is 0.0236. The fraction of sp³-hybridized carbons (Fsp3) is 0.526. The highest BCUT2D eigenvalue weighted by atomic mass is 16.2. The molecule has 0 unspecified atom stereocenters. The number of rotatable bonds is 3. The molecule has 1 aliphatic heterocycles. The van der Waals surface area contributed by atoms with Crippen molar-refractivity contribution in [3.63, 3.8) is 0 Å². The first-order valence-corrected chi connectivity index (χ1v) is 9.19. The van der Waals surface area contributed by atoms with E-state index in [1.54, 1.807) is 0 Å². The van der Waals surface area contributed by atoms with Gasteiger partial charge in [-0.2, -0.15) is 0 Å². The molecular formula is C19H25N5O. The highest BCUT2D eigenvalue weighted by Crippen LogP contribution is 2.25. The number of hydrogen-bond donors (Lipinski definition) is 1. The third-order valence-electron chi connectivity index (χ3n) is 5.60. The van der Waals surface area contributed by atoms with Gasteiger partial charge in [-0.15, -0.1) is 5.10 Å². The van der Waals surface area contributed by atoms with Crippen LogP contribution in [0.4, 0.5) is 0 Å². The van der Waals surface area contributed by atoms with E-state index in [0.29, 0.717) is 11.7 Å². The van der Waals surface area contributed by atoms with Crippen LogP contribution in [0.3, 0.4) is 0 Å². The van der Waals surface area contributed by atoms with Gasteiger partial charge in [0.1, 0.15) is 0 Å². The van der Waals surface area contributed by atoms with Crippen molar-refractivity contribution in [2.45, 2.75) is 44.2 Å². The number of amides is 1. The first kappa shape index (κ1) is 16.3. The van der Waals surface area contributed by atoms with E-state index in [-0.39, 0.29) is 11.9 Å². The second-order valence-electron chi connectivity index (χ2n) is 7.15. The van der Waals surface area contributed by atoms with Crippen molar-refractivity contribution in [1.29, 1.82) is 0 Å². The van der Waals surface area contributed by atoms with Gasteiger partial charge < -0.3 is 10.2 Å². The van der Waals surface area contributed by atoms with Gasteiger partial charge in [-0.25, -0.2) is 4.68 Å².